The molecule has 3 nitrogen and oxygen atoms in total. The molecule has 1 aromatic rings. The third kappa shape index (κ3) is 2.03. The lowest BCUT2D eigenvalue weighted by Gasteiger charge is -2.54. The van der Waals surface area contributed by atoms with E-state index in [1.54, 1.807) is 10.4 Å². The van der Waals surface area contributed by atoms with Gasteiger partial charge in [-0.25, -0.2) is 0 Å². The largest absolute Gasteiger partial charge is 0.329 e. The highest BCUT2D eigenvalue weighted by atomic mass is 32.1. The van der Waals surface area contributed by atoms with Gasteiger partial charge in [-0.1, -0.05) is 0 Å². The molecular formula is C17H27N3S. The molecule has 4 heteroatoms. The zero-order chi connectivity index (χ0) is 14.6. The predicted molar refractivity (Wildman–Crippen MR) is 88.7 cm³/mol. The van der Waals surface area contributed by atoms with E-state index in [1.807, 2.05) is 11.3 Å². The summed E-state index contributed by atoms with van der Waals surface area (Å²) in [6.07, 6.45) is 6.48. The number of nitrogens with zero attached hydrogens (tertiary/aromatic N) is 2. The summed E-state index contributed by atoms with van der Waals surface area (Å²) in [7, 11) is 2.32. The smallest absolute Gasteiger partial charge is 0.0367 e. The molecule has 2 N–H and O–H groups in total. The van der Waals surface area contributed by atoms with Crippen LogP contribution in [0.2, 0.25) is 0 Å². The van der Waals surface area contributed by atoms with Gasteiger partial charge >= 0.3 is 0 Å². The lowest BCUT2D eigenvalue weighted by Crippen LogP contribution is -2.63. The van der Waals surface area contributed by atoms with Crippen molar-refractivity contribution in [2.24, 2.45) is 5.73 Å². The topological polar surface area (TPSA) is 32.5 Å². The number of thiophene rings is 1. The van der Waals surface area contributed by atoms with Crippen molar-refractivity contribution in [2.45, 2.75) is 62.7 Å². The number of fused-ring (bicyclic) bond motifs is 3. The number of hydrogen-bond donors (Lipinski definition) is 1. The molecule has 2 fully saturated rings. The summed E-state index contributed by atoms with van der Waals surface area (Å²) in [5, 5.41) is 2.26. The summed E-state index contributed by atoms with van der Waals surface area (Å²) >= 11 is 1.93. The minimum absolute atomic E-state index is 0.234. The number of hydrogen-bond acceptors (Lipinski definition) is 4. The van der Waals surface area contributed by atoms with Crippen molar-refractivity contribution in [2.75, 3.05) is 20.1 Å². The molecule has 116 valence electrons. The van der Waals surface area contributed by atoms with Gasteiger partial charge in [0.25, 0.3) is 0 Å². The SMILES string of the molecule is CC1c2ccsc2CCN1C1(CN)CC2CCC(C1)N2C. The minimum atomic E-state index is 0.234. The first-order valence-corrected chi connectivity index (χ1v) is 9.27. The van der Waals surface area contributed by atoms with E-state index < -0.39 is 0 Å². The predicted octanol–water partition coefficient (Wildman–Crippen LogP) is 2.62. The molecule has 0 aliphatic carbocycles. The Morgan fingerprint density at radius 3 is 2.71 bits per heavy atom. The van der Waals surface area contributed by atoms with E-state index in [9.17, 15) is 0 Å². The van der Waals surface area contributed by atoms with Crippen LogP contribution in [0.25, 0.3) is 0 Å². The van der Waals surface area contributed by atoms with Crippen molar-refractivity contribution >= 4 is 11.3 Å². The third-order valence-corrected chi connectivity index (χ3v) is 7.48. The molecule has 3 aliphatic rings. The summed E-state index contributed by atoms with van der Waals surface area (Å²) in [4.78, 5) is 6.99. The molecule has 0 radical (unpaired) electrons. The molecule has 3 aliphatic heterocycles. The Kier molecular flexibility index (Phi) is 3.41. The number of rotatable bonds is 2. The first kappa shape index (κ1) is 14.2. The molecule has 0 aromatic carbocycles. The van der Waals surface area contributed by atoms with E-state index in [0.29, 0.717) is 6.04 Å². The van der Waals surface area contributed by atoms with Crippen molar-refractivity contribution < 1.29 is 0 Å². The lowest BCUT2D eigenvalue weighted by molar-refractivity contribution is -0.0247. The first-order chi connectivity index (χ1) is 10.1. The number of nitrogens with two attached hydrogens (primary N) is 1. The zero-order valence-corrected chi connectivity index (χ0v) is 14.0. The van der Waals surface area contributed by atoms with E-state index in [2.05, 4.69) is 35.2 Å². The highest BCUT2D eigenvalue weighted by Crippen LogP contribution is 2.46. The Morgan fingerprint density at radius 2 is 2.05 bits per heavy atom. The Bertz CT molecular complexity index is 512. The Hall–Kier alpha value is -0.420. The molecule has 2 saturated heterocycles. The van der Waals surface area contributed by atoms with E-state index in [1.165, 1.54) is 38.6 Å². The Labute approximate surface area is 132 Å². The van der Waals surface area contributed by atoms with E-state index in [0.717, 1.165) is 18.6 Å². The quantitative estimate of drug-likeness (QED) is 0.911. The second-order valence-corrected chi connectivity index (χ2v) is 8.31. The summed E-state index contributed by atoms with van der Waals surface area (Å²) in [5.74, 6) is 0. The summed E-state index contributed by atoms with van der Waals surface area (Å²) in [6.45, 7) is 4.40. The van der Waals surface area contributed by atoms with Gasteiger partial charge in [-0.2, -0.15) is 0 Å². The molecule has 0 amide bonds. The van der Waals surface area contributed by atoms with Gasteiger partial charge in [0.15, 0.2) is 0 Å². The Balaban J connectivity index is 1.65. The van der Waals surface area contributed by atoms with Crippen molar-refractivity contribution in [3.05, 3.63) is 21.9 Å². The molecule has 4 rings (SSSR count). The first-order valence-electron chi connectivity index (χ1n) is 8.39. The lowest BCUT2D eigenvalue weighted by atomic mass is 9.79. The zero-order valence-electron chi connectivity index (χ0n) is 13.2. The van der Waals surface area contributed by atoms with E-state index in [4.69, 9.17) is 5.73 Å². The molecular weight excluding hydrogens is 278 g/mol. The van der Waals surface area contributed by atoms with E-state index >= 15 is 0 Å². The normalized spacial score (nSPS) is 40.4. The van der Waals surface area contributed by atoms with Crippen LogP contribution >= 0.6 is 11.3 Å². The van der Waals surface area contributed by atoms with Crippen LogP contribution in [-0.2, 0) is 6.42 Å². The molecule has 4 heterocycles. The highest BCUT2D eigenvalue weighted by Gasteiger charge is 2.50. The fraction of sp³-hybridized carbons (Fsp3) is 0.765. The number of piperidine rings is 1. The van der Waals surface area contributed by atoms with Crippen molar-refractivity contribution in [1.82, 2.24) is 9.80 Å². The molecule has 0 saturated carbocycles. The van der Waals surface area contributed by atoms with Crippen LogP contribution in [0, 0.1) is 0 Å². The van der Waals surface area contributed by atoms with Crippen molar-refractivity contribution in [1.29, 1.82) is 0 Å². The van der Waals surface area contributed by atoms with Gasteiger partial charge in [0, 0.05) is 41.6 Å². The second-order valence-electron chi connectivity index (χ2n) is 7.31. The molecule has 21 heavy (non-hydrogen) atoms. The summed E-state index contributed by atoms with van der Waals surface area (Å²) < 4.78 is 0. The van der Waals surface area contributed by atoms with Crippen LogP contribution in [0.5, 0.6) is 0 Å². The van der Waals surface area contributed by atoms with Crippen LogP contribution in [0.3, 0.4) is 0 Å². The van der Waals surface area contributed by atoms with Crippen LogP contribution in [0.1, 0.15) is 49.1 Å². The average Bonchev–Trinajstić information content (AvgIpc) is 3.03. The maximum Gasteiger partial charge on any atom is 0.0367 e. The summed E-state index contributed by atoms with van der Waals surface area (Å²) in [6, 6.07) is 4.38. The van der Waals surface area contributed by atoms with Gasteiger partial charge in [0.05, 0.1) is 0 Å². The summed E-state index contributed by atoms with van der Waals surface area (Å²) in [5.41, 5.74) is 8.16. The Morgan fingerprint density at radius 1 is 1.33 bits per heavy atom. The minimum Gasteiger partial charge on any atom is -0.329 e. The fourth-order valence-electron chi connectivity index (χ4n) is 5.22. The van der Waals surface area contributed by atoms with Crippen molar-refractivity contribution in [3.8, 4) is 0 Å². The van der Waals surface area contributed by atoms with Crippen molar-refractivity contribution in [3.63, 3.8) is 0 Å². The van der Waals surface area contributed by atoms with Gasteiger partial charge in [-0.3, -0.25) is 4.90 Å². The maximum atomic E-state index is 6.37. The van der Waals surface area contributed by atoms with Gasteiger partial charge in [0.2, 0.25) is 0 Å². The maximum absolute atomic E-state index is 6.37. The highest BCUT2D eigenvalue weighted by molar-refractivity contribution is 7.10. The van der Waals surface area contributed by atoms with Gasteiger partial charge < -0.3 is 10.6 Å². The van der Waals surface area contributed by atoms with Crippen LogP contribution in [0.4, 0.5) is 0 Å². The molecule has 3 atom stereocenters. The standard InChI is InChI=1S/C17H27N3S/c1-12-15-6-8-21-16(15)5-7-20(12)17(11-18)9-13-3-4-14(10-17)19(13)2/h6,8,12-14H,3-5,7,9-11,18H2,1-2H3. The molecule has 3 unspecified atom stereocenters. The monoisotopic (exact) mass is 305 g/mol. The molecule has 2 bridgehead atoms. The van der Waals surface area contributed by atoms with Crippen LogP contribution in [0.15, 0.2) is 11.4 Å². The molecule has 1 aromatic heterocycles. The second kappa shape index (κ2) is 5.05. The third-order valence-electron chi connectivity index (χ3n) is 6.48. The van der Waals surface area contributed by atoms with Crippen LogP contribution < -0.4 is 5.73 Å². The van der Waals surface area contributed by atoms with Gasteiger partial charge in [-0.05, 0) is 63.1 Å². The average molecular weight is 305 g/mol. The van der Waals surface area contributed by atoms with E-state index in [-0.39, 0.29) is 5.54 Å². The fourth-order valence-corrected chi connectivity index (χ4v) is 6.18. The van der Waals surface area contributed by atoms with Gasteiger partial charge in [0.1, 0.15) is 0 Å². The molecule has 0 spiro atoms. The van der Waals surface area contributed by atoms with Gasteiger partial charge in [-0.15, -0.1) is 11.3 Å². The van der Waals surface area contributed by atoms with Crippen LogP contribution in [-0.4, -0.2) is 47.6 Å².